The minimum Gasteiger partial charge on any atom is -0.276 e. The summed E-state index contributed by atoms with van der Waals surface area (Å²) in [4.78, 5) is 19.3. The van der Waals surface area contributed by atoms with Gasteiger partial charge >= 0.3 is 0 Å². The summed E-state index contributed by atoms with van der Waals surface area (Å²) in [7, 11) is 0. The third-order valence-corrected chi connectivity index (χ3v) is 5.03. The summed E-state index contributed by atoms with van der Waals surface area (Å²) in [5.74, 6) is -0.284. The van der Waals surface area contributed by atoms with Crippen LogP contribution < -0.4 is 4.90 Å². The zero-order chi connectivity index (χ0) is 20.2. The summed E-state index contributed by atoms with van der Waals surface area (Å²) >= 11 is 12.6. The van der Waals surface area contributed by atoms with Crippen LogP contribution in [0.25, 0.3) is 11.1 Å². The first-order chi connectivity index (χ1) is 14.1. The largest absolute Gasteiger partial charge is 0.276 e. The maximum Gasteiger partial charge on any atom is 0.265 e. The van der Waals surface area contributed by atoms with Gasteiger partial charge < -0.3 is 0 Å². The number of halogens is 2. The molecular formula is C24H16Cl2N2O. The van der Waals surface area contributed by atoms with Gasteiger partial charge in [-0.2, -0.15) is 0 Å². The monoisotopic (exact) mass is 418 g/mol. The molecule has 0 spiro atoms. The van der Waals surface area contributed by atoms with Gasteiger partial charge in [0.25, 0.3) is 5.91 Å². The molecule has 3 nitrogen and oxygen atoms in total. The zero-order valence-corrected chi connectivity index (χ0v) is 16.8. The number of hydrogen-bond donors (Lipinski definition) is 0. The Kier molecular flexibility index (Phi) is 5.61. The molecule has 0 saturated heterocycles. The van der Waals surface area contributed by atoms with Crippen molar-refractivity contribution in [2.24, 2.45) is 0 Å². The summed E-state index contributed by atoms with van der Waals surface area (Å²) in [5, 5.41) is 0.687. The van der Waals surface area contributed by atoms with Crippen LogP contribution in [0.1, 0.15) is 10.4 Å². The Hall–Kier alpha value is -3.14. The number of aromatic nitrogens is 1. The van der Waals surface area contributed by atoms with E-state index in [1.165, 1.54) is 0 Å². The van der Waals surface area contributed by atoms with Crippen molar-refractivity contribution < 1.29 is 4.79 Å². The second kappa shape index (κ2) is 8.48. The first-order valence-corrected chi connectivity index (χ1v) is 9.76. The number of rotatable bonds is 4. The van der Waals surface area contributed by atoms with Gasteiger partial charge in [-0.05, 0) is 42.0 Å². The van der Waals surface area contributed by atoms with E-state index in [0.29, 0.717) is 22.0 Å². The van der Waals surface area contributed by atoms with Crippen molar-refractivity contribution in [3.05, 3.63) is 113 Å². The van der Waals surface area contributed by atoms with Crippen LogP contribution in [-0.2, 0) is 0 Å². The smallest absolute Gasteiger partial charge is 0.265 e. The highest BCUT2D eigenvalue weighted by atomic mass is 35.5. The molecule has 0 aliphatic rings. The van der Waals surface area contributed by atoms with Crippen LogP contribution in [0.15, 0.2) is 97.2 Å². The van der Waals surface area contributed by atoms with Crippen LogP contribution in [0.5, 0.6) is 0 Å². The quantitative estimate of drug-likeness (QED) is 0.333. The molecule has 0 aliphatic carbocycles. The van der Waals surface area contributed by atoms with E-state index in [2.05, 4.69) is 4.98 Å². The van der Waals surface area contributed by atoms with E-state index in [1.54, 1.807) is 29.3 Å². The number of pyridine rings is 1. The van der Waals surface area contributed by atoms with Crippen molar-refractivity contribution in [1.82, 2.24) is 4.98 Å². The lowest BCUT2D eigenvalue weighted by Gasteiger charge is -2.26. The molecule has 1 heterocycles. The van der Waals surface area contributed by atoms with Crippen molar-refractivity contribution in [2.75, 3.05) is 4.90 Å². The molecule has 1 aromatic heterocycles. The SMILES string of the molecule is O=C(c1cccnc1Cl)N(c1ccccc1)c1cc(Cl)ccc1-c1ccccc1. The number of hydrogen-bond acceptors (Lipinski definition) is 2. The number of benzene rings is 3. The normalized spacial score (nSPS) is 10.6. The Balaban J connectivity index is 1.95. The highest BCUT2D eigenvalue weighted by Crippen LogP contribution is 2.38. The average Bonchev–Trinajstić information content (AvgIpc) is 2.76. The number of amides is 1. The number of carbonyl (C=O) groups is 1. The predicted molar refractivity (Wildman–Crippen MR) is 119 cm³/mol. The van der Waals surface area contributed by atoms with Gasteiger partial charge in [0.05, 0.1) is 11.3 Å². The summed E-state index contributed by atoms with van der Waals surface area (Å²) in [6.45, 7) is 0. The summed E-state index contributed by atoms with van der Waals surface area (Å²) < 4.78 is 0. The fraction of sp³-hybridized carbons (Fsp3) is 0. The third kappa shape index (κ3) is 4.02. The molecule has 1 amide bonds. The van der Waals surface area contributed by atoms with Crippen molar-refractivity contribution in [3.8, 4) is 11.1 Å². The van der Waals surface area contributed by atoms with Gasteiger partial charge in [-0.1, -0.05) is 77.8 Å². The molecule has 0 saturated carbocycles. The van der Waals surface area contributed by atoms with Crippen LogP contribution in [-0.4, -0.2) is 10.9 Å². The number of anilines is 2. The lowest BCUT2D eigenvalue weighted by Crippen LogP contribution is -2.27. The van der Waals surface area contributed by atoms with Crippen LogP contribution in [0, 0.1) is 0 Å². The van der Waals surface area contributed by atoms with E-state index in [4.69, 9.17) is 23.2 Å². The highest BCUT2D eigenvalue weighted by Gasteiger charge is 2.25. The summed E-state index contributed by atoms with van der Waals surface area (Å²) in [5.41, 5.74) is 3.55. The van der Waals surface area contributed by atoms with Gasteiger partial charge in [0, 0.05) is 22.5 Å². The van der Waals surface area contributed by atoms with Gasteiger partial charge in [-0.25, -0.2) is 4.98 Å². The van der Waals surface area contributed by atoms with E-state index in [1.807, 2.05) is 72.8 Å². The lowest BCUT2D eigenvalue weighted by atomic mass is 10.0. The minimum absolute atomic E-state index is 0.154. The first-order valence-electron chi connectivity index (χ1n) is 9.00. The maximum absolute atomic E-state index is 13.6. The molecule has 0 radical (unpaired) electrons. The minimum atomic E-state index is -0.284. The summed E-state index contributed by atoms with van der Waals surface area (Å²) in [6, 6.07) is 28.2. The molecular weight excluding hydrogens is 403 g/mol. The van der Waals surface area contributed by atoms with E-state index in [9.17, 15) is 4.79 Å². The topological polar surface area (TPSA) is 33.2 Å². The van der Waals surface area contributed by atoms with Crippen LogP contribution in [0.2, 0.25) is 10.2 Å². The molecule has 3 aromatic carbocycles. The molecule has 0 unspecified atom stereocenters. The van der Waals surface area contributed by atoms with Crippen LogP contribution >= 0.6 is 23.2 Å². The fourth-order valence-corrected chi connectivity index (χ4v) is 3.53. The standard InChI is InChI=1S/C24H16Cl2N2O/c25-18-13-14-20(17-8-3-1-4-9-17)22(16-18)28(19-10-5-2-6-11-19)24(29)21-12-7-15-27-23(21)26/h1-16H. The van der Waals surface area contributed by atoms with E-state index in [0.717, 1.165) is 11.1 Å². The summed E-state index contributed by atoms with van der Waals surface area (Å²) in [6.07, 6.45) is 1.56. The van der Waals surface area contributed by atoms with E-state index in [-0.39, 0.29) is 11.1 Å². The Labute approximate surface area is 179 Å². The van der Waals surface area contributed by atoms with Gasteiger partial charge in [-0.15, -0.1) is 0 Å². The van der Waals surface area contributed by atoms with E-state index < -0.39 is 0 Å². The van der Waals surface area contributed by atoms with Gasteiger partial charge in [0.1, 0.15) is 5.15 Å². The Bertz CT molecular complexity index is 1150. The second-order valence-corrected chi connectivity index (χ2v) is 7.14. The molecule has 0 fully saturated rings. The maximum atomic E-state index is 13.6. The molecule has 0 N–H and O–H groups in total. The third-order valence-electron chi connectivity index (χ3n) is 4.49. The predicted octanol–water partition coefficient (Wildman–Crippen LogP) is 7.03. The number of para-hydroxylation sites is 1. The second-order valence-electron chi connectivity index (χ2n) is 6.35. The first kappa shape index (κ1) is 19.2. The van der Waals surface area contributed by atoms with Gasteiger partial charge in [0.2, 0.25) is 0 Å². The molecule has 4 rings (SSSR count). The van der Waals surface area contributed by atoms with Crippen molar-refractivity contribution in [1.29, 1.82) is 0 Å². The van der Waals surface area contributed by atoms with Crippen molar-refractivity contribution in [2.45, 2.75) is 0 Å². The molecule has 29 heavy (non-hydrogen) atoms. The Morgan fingerprint density at radius 2 is 1.48 bits per heavy atom. The Morgan fingerprint density at radius 1 is 0.793 bits per heavy atom. The van der Waals surface area contributed by atoms with Gasteiger partial charge in [0.15, 0.2) is 0 Å². The average molecular weight is 419 g/mol. The molecule has 0 bridgehead atoms. The highest BCUT2D eigenvalue weighted by molar-refractivity contribution is 6.34. The molecule has 4 aromatic rings. The lowest BCUT2D eigenvalue weighted by molar-refractivity contribution is 0.0999. The van der Waals surface area contributed by atoms with Crippen molar-refractivity contribution >= 4 is 40.5 Å². The van der Waals surface area contributed by atoms with Crippen molar-refractivity contribution in [3.63, 3.8) is 0 Å². The van der Waals surface area contributed by atoms with Crippen LogP contribution in [0.4, 0.5) is 11.4 Å². The molecule has 5 heteroatoms. The number of nitrogens with zero attached hydrogens (tertiary/aromatic N) is 2. The zero-order valence-electron chi connectivity index (χ0n) is 15.3. The molecule has 0 atom stereocenters. The Morgan fingerprint density at radius 3 is 2.17 bits per heavy atom. The molecule has 142 valence electrons. The number of carbonyl (C=O) groups excluding carboxylic acids is 1. The molecule has 0 aliphatic heterocycles. The van der Waals surface area contributed by atoms with E-state index >= 15 is 0 Å². The van der Waals surface area contributed by atoms with Gasteiger partial charge in [-0.3, -0.25) is 9.69 Å². The fourth-order valence-electron chi connectivity index (χ4n) is 3.16. The van der Waals surface area contributed by atoms with Crippen LogP contribution in [0.3, 0.4) is 0 Å².